The van der Waals surface area contributed by atoms with Crippen LogP contribution < -0.4 is 4.90 Å². The van der Waals surface area contributed by atoms with Crippen molar-refractivity contribution in [3.8, 4) is 39.3 Å². The van der Waals surface area contributed by atoms with E-state index in [2.05, 4.69) is 246 Å². The molecule has 0 aliphatic carbocycles. The number of benzene rings is 11. The molecule has 0 unspecified atom stereocenters. The number of fused-ring (bicyclic) bond motifs is 12. The Hall–Kier alpha value is -8.35. The Morgan fingerprint density at radius 3 is 1.41 bits per heavy atom. The van der Waals surface area contributed by atoms with Gasteiger partial charge in [0.05, 0.1) is 11.0 Å². The van der Waals surface area contributed by atoms with E-state index < -0.39 is 0 Å². The Balaban J connectivity index is 0.927. The summed E-state index contributed by atoms with van der Waals surface area (Å²) in [6.45, 7) is 0. The monoisotopic (exact) mass is 901 g/mol. The lowest BCUT2D eigenvalue weighted by atomic mass is 9.99. The topological polar surface area (TPSA) is 21.1 Å². The number of thiophene rings is 2. The zero-order chi connectivity index (χ0) is 44.7. The van der Waals surface area contributed by atoms with Crippen LogP contribution in [-0.2, 0) is 0 Å². The van der Waals surface area contributed by atoms with Crippen molar-refractivity contribution >= 4 is 113 Å². The molecule has 0 aliphatic rings. The van der Waals surface area contributed by atoms with Crippen LogP contribution in [0.1, 0.15) is 0 Å². The molecule has 0 saturated carbocycles. The van der Waals surface area contributed by atoms with Crippen LogP contribution in [0.25, 0.3) is 112 Å². The Labute approximate surface area is 400 Å². The lowest BCUT2D eigenvalue weighted by molar-refractivity contribution is 1.11. The van der Waals surface area contributed by atoms with Gasteiger partial charge in [0.2, 0.25) is 0 Å². The third-order valence-corrected chi connectivity index (χ3v) is 15.9. The van der Waals surface area contributed by atoms with Gasteiger partial charge in [0.15, 0.2) is 0 Å². The lowest BCUT2D eigenvalue weighted by Crippen LogP contribution is -2.10. The summed E-state index contributed by atoms with van der Waals surface area (Å²) < 4.78 is 7.60. The minimum atomic E-state index is 0.900. The Morgan fingerprint density at radius 1 is 0.309 bits per heavy atom. The van der Waals surface area contributed by atoms with E-state index in [1.165, 1.54) is 78.8 Å². The molecule has 68 heavy (non-hydrogen) atoms. The van der Waals surface area contributed by atoms with Gasteiger partial charge in [-0.2, -0.15) is 0 Å². The first-order valence-corrected chi connectivity index (χ1v) is 24.6. The minimum Gasteiger partial charge on any atom is -0.310 e. The van der Waals surface area contributed by atoms with Crippen molar-refractivity contribution in [2.24, 2.45) is 0 Å². The molecule has 0 radical (unpaired) electrons. The maximum absolute atomic E-state index is 5.61. The van der Waals surface area contributed by atoms with Gasteiger partial charge < -0.3 is 4.90 Å². The van der Waals surface area contributed by atoms with E-state index in [9.17, 15) is 0 Å². The first kappa shape index (κ1) is 38.9. The predicted molar refractivity (Wildman–Crippen MR) is 293 cm³/mol. The van der Waals surface area contributed by atoms with Crippen molar-refractivity contribution in [3.05, 3.63) is 237 Å². The molecule has 0 aliphatic heterocycles. The van der Waals surface area contributed by atoms with Gasteiger partial charge in [-0.1, -0.05) is 146 Å². The number of aromatic nitrogens is 2. The van der Waals surface area contributed by atoms with Gasteiger partial charge in [-0.25, -0.2) is 4.98 Å². The highest BCUT2D eigenvalue weighted by Gasteiger charge is 2.22. The van der Waals surface area contributed by atoms with Crippen LogP contribution in [0.4, 0.5) is 17.1 Å². The van der Waals surface area contributed by atoms with E-state index in [-0.39, 0.29) is 0 Å². The molecule has 0 bridgehead atoms. The van der Waals surface area contributed by atoms with Crippen LogP contribution in [-0.4, -0.2) is 9.55 Å². The normalized spacial score (nSPS) is 11.8. The van der Waals surface area contributed by atoms with Gasteiger partial charge in [-0.3, -0.25) is 4.57 Å². The van der Waals surface area contributed by atoms with Crippen molar-refractivity contribution in [1.82, 2.24) is 9.55 Å². The molecule has 3 aromatic heterocycles. The molecule has 0 atom stereocenters. The van der Waals surface area contributed by atoms with Gasteiger partial charge in [0, 0.05) is 79.4 Å². The second kappa shape index (κ2) is 15.6. The average Bonchev–Trinajstić information content (AvgIpc) is 4.12. The van der Waals surface area contributed by atoms with Crippen LogP contribution in [0.3, 0.4) is 0 Å². The summed E-state index contributed by atoms with van der Waals surface area (Å²) in [6, 6.07) is 86.3. The van der Waals surface area contributed by atoms with Gasteiger partial charge in [0.1, 0.15) is 5.82 Å². The third-order valence-electron chi connectivity index (χ3n) is 13.6. The molecule has 14 aromatic rings. The maximum atomic E-state index is 5.61. The second-order valence-corrected chi connectivity index (χ2v) is 19.7. The number of imidazole rings is 1. The Kier molecular flexibility index (Phi) is 8.94. The highest BCUT2D eigenvalue weighted by Crippen LogP contribution is 2.44. The minimum absolute atomic E-state index is 0.900. The fourth-order valence-electron chi connectivity index (χ4n) is 10.4. The van der Waals surface area contributed by atoms with E-state index in [0.29, 0.717) is 0 Å². The van der Waals surface area contributed by atoms with E-state index >= 15 is 0 Å². The summed E-state index contributed by atoms with van der Waals surface area (Å²) in [5.41, 5.74) is 12.3. The third kappa shape index (κ3) is 6.28. The molecule has 5 heteroatoms. The summed E-state index contributed by atoms with van der Waals surface area (Å²) in [5, 5.41) is 9.92. The summed E-state index contributed by atoms with van der Waals surface area (Å²) in [6.07, 6.45) is 0. The first-order valence-electron chi connectivity index (χ1n) is 23.0. The second-order valence-electron chi connectivity index (χ2n) is 17.5. The van der Waals surface area contributed by atoms with Crippen molar-refractivity contribution in [3.63, 3.8) is 0 Å². The van der Waals surface area contributed by atoms with E-state index in [1.54, 1.807) is 0 Å². The smallest absolute Gasteiger partial charge is 0.145 e. The maximum Gasteiger partial charge on any atom is 0.145 e. The van der Waals surface area contributed by atoms with Gasteiger partial charge in [-0.15, -0.1) is 22.7 Å². The van der Waals surface area contributed by atoms with Crippen LogP contribution in [0.15, 0.2) is 237 Å². The predicted octanol–water partition coefficient (Wildman–Crippen LogP) is 18.5. The van der Waals surface area contributed by atoms with E-state index in [0.717, 1.165) is 50.6 Å². The number of hydrogen-bond donors (Lipinski definition) is 0. The zero-order valence-electron chi connectivity index (χ0n) is 36.7. The van der Waals surface area contributed by atoms with Crippen molar-refractivity contribution in [1.29, 1.82) is 0 Å². The number of anilines is 3. The van der Waals surface area contributed by atoms with Gasteiger partial charge in [0.25, 0.3) is 0 Å². The standard InChI is InChI=1S/C63H39N3S2/c1-2-12-40(13-3-1)41-22-29-45(30-23-41)65(48-35-37-60-56(39-48)52-17-9-11-21-58(52)68-60)46-33-26-43(27-34-46)63-64-61-53-18-6-4-14-49(53)50-15-5-7-19-54(50)62(61)66(63)47-31-24-42(25-32-47)44-28-36-59-55(38-44)51-16-8-10-20-57(51)67-59/h1-39H. The fraction of sp³-hybridized carbons (Fsp3) is 0. The van der Waals surface area contributed by atoms with Crippen LogP contribution in [0.2, 0.25) is 0 Å². The summed E-state index contributed by atoms with van der Waals surface area (Å²) in [4.78, 5) is 7.99. The van der Waals surface area contributed by atoms with Crippen LogP contribution in [0.5, 0.6) is 0 Å². The van der Waals surface area contributed by atoms with Crippen molar-refractivity contribution in [2.45, 2.75) is 0 Å². The molecule has 3 nitrogen and oxygen atoms in total. The highest BCUT2D eigenvalue weighted by atomic mass is 32.1. The van der Waals surface area contributed by atoms with Gasteiger partial charge >= 0.3 is 0 Å². The molecule has 14 rings (SSSR count). The number of hydrogen-bond acceptors (Lipinski definition) is 4. The van der Waals surface area contributed by atoms with Gasteiger partial charge in [-0.05, 0) is 124 Å². The number of rotatable bonds is 7. The molecule has 0 spiro atoms. The van der Waals surface area contributed by atoms with Crippen molar-refractivity contribution in [2.75, 3.05) is 4.90 Å². The molecular weight excluding hydrogens is 863 g/mol. The molecule has 0 saturated heterocycles. The molecule has 3 heterocycles. The Bertz CT molecular complexity index is 4240. The zero-order valence-corrected chi connectivity index (χ0v) is 38.3. The lowest BCUT2D eigenvalue weighted by Gasteiger charge is -2.26. The molecule has 318 valence electrons. The average molecular weight is 902 g/mol. The SMILES string of the molecule is c1ccc(-c2ccc(N(c3ccc(-c4nc5c6ccccc6c6ccccc6c5n4-c4ccc(-c5ccc6sc7ccccc7c6c5)cc4)cc3)c3ccc4sc5ccccc5c4c3)cc2)cc1. The quantitative estimate of drug-likeness (QED) is 0.149. The van der Waals surface area contributed by atoms with Crippen LogP contribution in [0, 0.1) is 0 Å². The molecule has 11 aromatic carbocycles. The summed E-state index contributed by atoms with van der Waals surface area (Å²) in [7, 11) is 0. The van der Waals surface area contributed by atoms with Crippen molar-refractivity contribution < 1.29 is 0 Å². The molecule has 0 N–H and O–H groups in total. The molecule has 0 amide bonds. The fourth-order valence-corrected chi connectivity index (χ4v) is 12.5. The number of nitrogens with zero attached hydrogens (tertiary/aromatic N) is 3. The highest BCUT2D eigenvalue weighted by molar-refractivity contribution is 7.26. The first-order chi connectivity index (χ1) is 33.7. The van der Waals surface area contributed by atoms with Crippen LogP contribution >= 0.6 is 22.7 Å². The summed E-state index contributed by atoms with van der Waals surface area (Å²) in [5.74, 6) is 0.900. The van der Waals surface area contributed by atoms with E-state index in [4.69, 9.17) is 4.98 Å². The molecular formula is C63H39N3S2. The largest absolute Gasteiger partial charge is 0.310 e. The Morgan fingerprint density at radius 2 is 0.750 bits per heavy atom. The summed E-state index contributed by atoms with van der Waals surface area (Å²) >= 11 is 3.70. The van der Waals surface area contributed by atoms with E-state index in [1.807, 2.05) is 22.7 Å². The molecule has 0 fully saturated rings.